The van der Waals surface area contributed by atoms with Crippen molar-refractivity contribution < 1.29 is 23.1 Å². The number of carboxylic acids is 1. The normalized spacial score (nSPS) is 17.2. The molecule has 9 heteroatoms. The molecular weight excluding hydrogens is 464 g/mol. The Morgan fingerprint density at radius 3 is 2.67 bits per heavy atom. The Labute approximate surface area is 198 Å². The van der Waals surface area contributed by atoms with Crippen LogP contribution in [0.3, 0.4) is 0 Å². The standard InChI is InChI=1S/C24H27ClN2O5S/c1-15(2)32-23-7-5-19(10-16(23)3)33(30,31)27-9-8-17(12-27)21-13-26(14-24(28)29)22-11-18(25)4-6-20(21)22/h4-7,10-11,13,15,17H,8-9,12,14H2,1-3H3,(H,28,29)/t17-/m0/s1. The van der Waals surface area contributed by atoms with E-state index in [0.29, 0.717) is 30.3 Å². The predicted octanol–water partition coefficient (Wildman–Crippen LogP) is 4.65. The molecule has 0 aliphatic carbocycles. The van der Waals surface area contributed by atoms with Crippen LogP contribution in [0.5, 0.6) is 5.75 Å². The van der Waals surface area contributed by atoms with Gasteiger partial charge in [0.15, 0.2) is 0 Å². The second-order valence-corrected chi connectivity index (χ2v) is 11.1. The summed E-state index contributed by atoms with van der Waals surface area (Å²) in [4.78, 5) is 11.6. The highest BCUT2D eigenvalue weighted by Gasteiger charge is 2.35. The van der Waals surface area contributed by atoms with Crippen molar-refractivity contribution in [3.05, 3.63) is 58.7 Å². The van der Waals surface area contributed by atoms with Crippen LogP contribution in [0.1, 0.15) is 37.3 Å². The van der Waals surface area contributed by atoms with Crippen LogP contribution >= 0.6 is 11.6 Å². The van der Waals surface area contributed by atoms with Gasteiger partial charge in [-0.1, -0.05) is 17.7 Å². The molecule has 0 radical (unpaired) electrons. The minimum Gasteiger partial charge on any atom is -0.491 e. The van der Waals surface area contributed by atoms with Gasteiger partial charge in [-0.25, -0.2) is 8.42 Å². The smallest absolute Gasteiger partial charge is 0.323 e. The average molecular weight is 491 g/mol. The highest BCUT2D eigenvalue weighted by Crippen LogP contribution is 2.37. The molecule has 1 saturated heterocycles. The van der Waals surface area contributed by atoms with Gasteiger partial charge in [-0.05, 0) is 68.7 Å². The first kappa shape index (κ1) is 23.6. The van der Waals surface area contributed by atoms with Crippen LogP contribution in [0.15, 0.2) is 47.5 Å². The zero-order valence-electron chi connectivity index (χ0n) is 18.8. The third-order valence-electron chi connectivity index (χ3n) is 5.92. The molecule has 4 rings (SSSR count). The lowest BCUT2D eigenvalue weighted by atomic mass is 9.98. The lowest BCUT2D eigenvalue weighted by Gasteiger charge is -2.18. The molecule has 1 fully saturated rings. The number of nitrogens with zero attached hydrogens (tertiary/aromatic N) is 2. The number of aryl methyl sites for hydroxylation is 1. The maximum Gasteiger partial charge on any atom is 0.323 e. The van der Waals surface area contributed by atoms with Gasteiger partial charge in [0.1, 0.15) is 12.3 Å². The quantitative estimate of drug-likeness (QED) is 0.520. The first-order valence-electron chi connectivity index (χ1n) is 10.8. The molecule has 3 aromatic rings. The molecule has 1 aromatic heterocycles. The molecule has 0 bridgehead atoms. The Morgan fingerprint density at radius 1 is 1.24 bits per heavy atom. The highest BCUT2D eigenvalue weighted by molar-refractivity contribution is 7.89. The zero-order valence-corrected chi connectivity index (χ0v) is 20.4. The van der Waals surface area contributed by atoms with Crippen molar-refractivity contribution in [1.82, 2.24) is 8.87 Å². The number of benzene rings is 2. The molecule has 0 amide bonds. The van der Waals surface area contributed by atoms with Crippen LogP contribution in [-0.2, 0) is 21.4 Å². The first-order chi connectivity index (χ1) is 15.6. The first-order valence-corrected chi connectivity index (χ1v) is 12.7. The maximum absolute atomic E-state index is 13.3. The molecule has 33 heavy (non-hydrogen) atoms. The average Bonchev–Trinajstić information content (AvgIpc) is 3.34. The molecule has 0 unspecified atom stereocenters. The summed E-state index contributed by atoms with van der Waals surface area (Å²) in [6, 6.07) is 10.3. The van der Waals surface area contributed by atoms with E-state index in [1.807, 2.05) is 33.0 Å². The third-order valence-corrected chi connectivity index (χ3v) is 8.01. The summed E-state index contributed by atoms with van der Waals surface area (Å²) in [6.07, 6.45) is 2.48. The van der Waals surface area contributed by atoms with Gasteiger partial charge in [-0.2, -0.15) is 4.31 Å². The van der Waals surface area contributed by atoms with Gasteiger partial charge in [0, 0.05) is 35.6 Å². The van der Waals surface area contributed by atoms with Crippen LogP contribution in [0.2, 0.25) is 5.02 Å². The summed E-state index contributed by atoms with van der Waals surface area (Å²) in [7, 11) is -3.66. The Morgan fingerprint density at radius 2 is 2.00 bits per heavy atom. The number of aliphatic carboxylic acids is 1. The number of hydrogen-bond donors (Lipinski definition) is 1. The van der Waals surface area contributed by atoms with Crippen molar-refractivity contribution in [2.75, 3.05) is 13.1 Å². The summed E-state index contributed by atoms with van der Waals surface area (Å²) in [5, 5.41) is 10.7. The minimum atomic E-state index is -3.66. The summed E-state index contributed by atoms with van der Waals surface area (Å²) in [5.41, 5.74) is 2.45. The summed E-state index contributed by atoms with van der Waals surface area (Å²) < 4.78 is 35.6. The van der Waals surface area contributed by atoms with Crippen LogP contribution in [-0.4, -0.2) is 47.6 Å². The number of sulfonamides is 1. The van der Waals surface area contributed by atoms with E-state index >= 15 is 0 Å². The predicted molar refractivity (Wildman–Crippen MR) is 128 cm³/mol. The molecule has 7 nitrogen and oxygen atoms in total. The monoisotopic (exact) mass is 490 g/mol. The Bertz CT molecular complexity index is 1320. The fourth-order valence-corrected chi connectivity index (χ4v) is 6.17. The number of carboxylic acid groups (broad SMARTS) is 1. The molecule has 2 heterocycles. The van der Waals surface area contributed by atoms with Crippen molar-refractivity contribution in [3.8, 4) is 5.75 Å². The fraction of sp³-hybridized carbons (Fsp3) is 0.375. The molecule has 1 atom stereocenters. The summed E-state index contributed by atoms with van der Waals surface area (Å²) in [6.45, 7) is 6.24. The fourth-order valence-electron chi connectivity index (χ4n) is 4.41. The highest BCUT2D eigenvalue weighted by atomic mass is 35.5. The van der Waals surface area contributed by atoms with Crippen LogP contribution in [0.4, 0.5) is 0 Å². The van der Waals surface area contributed by atoms with Crippen molar-refractivity contribution in [2.45, 2.75) is 50.7 Å². The number of hydrogen-bond acceptors (Lipinski definition) is 4. The van der Waals surface area contributed by atoms with Crippen LogP contribution in [0.25, 0.3) is 10.9 Å². The van der Waals surface area contributed by atoms with Gasteiger partial charge in [0.05, 0.1) is 16.5 Å². The molecule has 0 saturated carbocycles. The second kappa shape index (κ2) is 9.00. The van der Waals surface area contributed by atoms with Gasteiger partial charge in [0.2, 0.25) is 10.0 Å². The van der Waals surface area contributed by atoms with Crippen molar-refractivity contribution in [3.63, 3.8) is 0 Å². The van der Waals surface area contributed by atoms with Crippen molar-refractivity contribution in [1.29, 1.82) is 0 Å². The Hall–Kier alpha value is -2.55. The number of halogens is 1. The van der Waals surface area contributed by atoms with E-state index in [2.05, 4.69) is 0 Å². The molecule has 0 spiro atoms. The SMILES string of the molecule is Cc1cc(S(=O)(=O)N2CC[C@H](c3cn(CC(=O)O)c4cc(Cl)ccc34)C2)ccc1OC(C)C. The van der Waals surface area contributed by atoms with Gasteiger partial charge in [-0.15, -0.1) is 0 Å². The van der Waals surface area contributed by atoms with Crippen LogP contribution < -0.4 is 4.74 Å². The molecule has 2 aromatic carbocycles. The molecule has 1 N–H and O–H groups in total. The largest absolute Gasteiger partial charge is 0.491 e. The number of carbonyl (C=O) groups is 1. The Kier molecular flexibility index (Phi) is 6.44. The minimum absolute atomic E-state index is 0.00337. The molecular formula is C24H27ClN2O5S. The summed E-state index contributed by atoms with van der Waals surface area (Å²) >= 11 is 6.14. The number of ether oxygens (including phenoxy) is 1. The second-order valence-electron chi connectivity index (χ2n) is 8.71. The molecule has 1 aliphatic heterocycles. The van der Waals surface area contributed by atoms with Crippen molar-refractivity contribution >= 4 is 38.5 Å². The maximum atomic E-state index is 13.3. The van der Waals surface area contributed by atoms with E-state index in [-0.39, 0.29) is 23.5 Å². The number of fused-ring (bicyclic) bond motifs is 1. The van der Waals surface area contributed by atoms with E-state index in [0.717, 1.165) is 22.0 Å². The van der Waals surface area contributed by atoms with Crippen LogP contribution in [0, 0.1) is 6.92 Å². The van der Waals surface area contributed by atoms with E-state index in [9.17, 15) is 18.3 Å². The number of rotatable bonds is 7. The zero-order chi connectivity index (χ0) is 23.9. The lowest BCUT2D eigenvalue weighted by molar-refractivity contribution is -0.137. The van der Waals surface area contributed by atoms with Gasteiger partial charge in [-0.3, -0.25) is 4.79 Å². The van der Waals surface area contributed by atoms with E-state index < -0.39 is 16.0 Å². The van der Waals surface area contributed by atoms with Crippen molar-refractivity contribution in [2.24, 2.45) is 0 Å². The van der Waals surface area contributed by atoms with E-state index in [1.165, 1.54) is 4.31 Å². The third kappa shape index (κ3) is 4.74. The molecule has 176 valence electrons. The summed E-state index contributed by atoms with van der Waals surface area (Å²) in [5.74, 6) is -0.314. The topological polar surface area (TPSA) is 88.8 Å². The lowest BCUT2D eigenvalue weighted by Crippen LogP contribution is -2.28. The van der Waals surface area contributed by atoms with E-state index in [4.69, 9.17) is 16.3 Å². The van der Waals surface area contributed by atoms with Gasteiger partial charge >= 0.3 is 5.97 Å². The van der Waals surface area contributed by atoms with E-state index in [1.54, 1.807) is 34.9 Å². The van der Waals surface area contributed by atoms with Gasteiger partial charge in [0.25, 0.3) is 0 Å². The molecule has 1 aliphatic rings. The Balaban J connectivity index is 1.61. The van der Waals surface area contributed by atoms with Gasteiger partial charge < -0.3 is 14.4 Å². The number of aromatic nitrogens is 1.